The molecular weight excluding hydrogens is 550 g/mol. The third kappa shape index (κ3) is 6.13. The van der Waals surface area contributed by atoms with Gasteiger partial charge in [0, 0.05) is 13.2 Å². The van der Waals surface area contributed by atoms with Crippen LogP contribution in [0.4, 0.5) is 42.6 Å². The lowest BCUT2D eigenvalue weighted by molar-refractivity contribution is -0.137. The summed E-state index contributed by atoms with van der Waals surface area (Å²) >= 11 is 0. The van der Waals surface area contributed by atoms with Gasteiger partial charge in [-0.2, -0.15) is 22.0 Å². The molecule has 1 atom stereocenters. The molecule has 0 saturated heterocycles. The number of alkyl halides is 3. The first-order valence-corrected chi connectivity index (χ1v) is 11.0. The zero-order chi connectivity index (χ0) is 29.2. The fourth-order valence-electron chi connectivity index (χ4n) is 3.31. The van der Waals surface area contributed by atoms with E-state index in [4.69, 9.17) is 4.74 Å². The van der Waals surface area contributed by atoms with Crippen LogP contribution in [0.3, 0.4) is 0 Å². The van der Waals surface area contributed by atoms with Gasteiger partial charge in [0.2, 0.25) is 11.9 Å². The molecule has 0 aliphatic carbocycles. The van der Waals surface area contributed by atoms with E-state index in [1.807, 2.05) is 0 Å². The van der Waals surface area contributed by atoms with E-state index in [0.29, 0.717) is 12.3 Å². The summed E-state index contributed by atoms with van der Waals surface area (Å²) in [6.07, 6.45) is -5.08. The van der Waals surface area contributed by atoms with E-state index in [1.54, 1.807) is 0 Å². The molecule has 4 aromatic rings. The first-order valence-electron chi connectivity index (χ1n) is 11.0. The molecule has 0 aliphatic rings. The van der Waals surface area contributed by atoms with Gasteiger partial charge < -0.3 is 10.1 Å². The van der Waals surface area contributed by atoms with E-state index in [0.717, 1.165) is 16.9 Å². The molecule has 0 aliphatic heterocycles. The Morgan fingerprint density at radius 1 is 0.975 bits per heavy atom. The second-order valence-electron chi connectivity index (χ2n) is 8.06. The number of carbonyl (C=O) groups excluding carboxylic acids is 2. The molecule has 0 aromatic carbocycles. The number of pyridine rings is 3. The van der Waals surface area contributed by atoms with Crippen LogP contribution in [0, 0.1) is 17.7 Å². The van der Waals surface area contributed by atoms with Crippen molar-refractivity contribution in [2.75, 3.05) is 10.6 Å². The fraction of sp³-hybridized carbons (Fsp3) is 0.174. The van der Waals surface area contributed by atoms with Gasteiger partial charge in [0.15, 0.2) is 11.5 Å². The molecule has 0 bridgehead atoms. The summed E-state index contributed by atoms with van der Waals surface area (Å²) in [5.74, 6) is -4.45. The predicted octanol–water partition coefficient (Wildman–Crippen LogP) is 4.67. The van der Waals surface area contributed by atoms with Crippen molar-refractivity contribution in [1.29, 1.82) is 0 Å². The Labute approximate surface area is 220 Å². The Morgan fingerprint density at radius 3 is 2.38 bits per heavy atom. The Hall–Kier alpha value is -5.09. The van der Waals surface area contributed by atoms with Crippen molar-refractivity contribution in [1.82, 2.24) is 29.9 Å². The molecule has 0 radical (unpaired) electrons. The lowest BCUT2D eigenvalue weighted by Crippen LogP contribution is -2.19. The highest BCUT2D eigenvalue weighted by Gasteiger charge is 2.33. The maximum Gasteiger partial charge on any atom is 0.417 e. The summed E-state index contributed by atoms with van der Waals surface area (Å²) < 4.78 is 86.1. The SMILES string of the molecule is C[C@@H](OC(=O)Nc1c(-c2ccc(NC(=O)c3cc(C(F)(F)F)cnc3F)cn2)nnn1C)c1cc(F)cnc1F. The maximum atomic E-state index is 13.9. The number of aromatic nitrogens is 6. The summed E-state index contributed by atoms with van der Waals surface area (Å²) in [5.41, 5.74) is -2.37. The molecule has 0 spiro atoms. The number of aryl methyl sites for hydroxylation is 1. The summed E-state index contributed by atoms with van der Waals surface area (Å²) in [6.45, 7) is 1.30. The van der Waals surface area contributed by atoms with Gasteiger partial charge in [-0.3, -0.25) is 15.1 Å². The molecule has 208 valence electrons. The molecule has 4 rings (SSSR count). The van der Waals surface area contributed by atoms with E-state index < -0.39 is 53.1 Å². The van der Waals surface area contributed by atoms with Gasteiger partial charge in [-0.25, -0.2) is 23.8 Å². The molecule has 0 saturated carbocycles. The molecule has 0 fully saturated rings. The summed E-state index contributed by atoms with van der Waals surface area (Å²) in [5, 5.41) is 12.3. The average molecular weight is 566 g/mol. The largest absolute Gasteiger partial charge is 0.441 e. The van der Waals surface area contributed by atoms with Crippen molar-refractivity contribution in [3.05, 3.63) is 77.3 Å². The van der Waals surface area contributed by atoms with Gasteiger partial charge in [-0.1, -0.05) is 5.21 Å². The second-order valence-corrected chi connectivity index (χ2v) is 8.06. The van der Waals surface area contributed by atoms with Crippen LogP contribution in [0.15, 0.2) is 42.9 Å². The first kappa shape index (κ1) is 27.9. The number of nitrogens with one attached hydrogen (secondary N) is 2. The number of anilines is 2. The zero-order valence-electron chi connectivity index (χ0n) is 20.3. The monoisotopic (exact) mass is 566 g/mol. The van der Waals surface area contributed by atoms with Crippen molar-refractivity contribution in [3.63, 3.8) is 0 Å². The molecule has 2 amide bonds. The average Bonchev–Trinajstić information content (AvgIpc) is 3.24. The Morgan fingerprint density at radius 2 is 1.70 bits per heavy atom. The standard InChI is InChI=1S/C23H16F6N8O3/c1-10(14-6-12(24)8-32-18(14)25)40-22(39)34-20-17(35-36-37(20)2)16-4-3-13(9-30-16)33-21(38)15-5-11(23(27,28)29)7-31-19(15)26/h3-10H,1-2H3,(H,33,38)(H,34,39)/t10-/m1/s1. The van der Waals surface area contributed by atoms with Gasteiger partial charge in [-0.05, 0) is 31.2 Å². The van der Waals surface area contributed by atoms with Gasteiger partial charge in [0.05, 0.1) is 40.5 Å². The number of hydrogen-bond donors (Lipinski definition) is 2. The normalized spacial score (nSPS) is 12.1. The summed E-state index contributed by atoms with van der Waals surface area (Å²) in [6, 6.07) is 3.78. The van der Waals surface area contributed by atoms with Crippen LogP contribution in [0.5, 0.6) is 0 Å². The van der Waals surface area contributed by atoms with Gasteiger partial charge in [-0.15, -0.1) is 5.10 Å². The van der Waals surface area contributed by atoms with Gasteiger partial charge in [0.25, 0.3) is 5.91 Å². The number of halogens is 6. The van der Waals surface area contributed by atoms with Crippen LogP contribution in [0.1, 0.15) is 34.5 Å². The Balaban J connectivity index is 1.47. The summed E-state index contributed by atoms with van der Waals surface area (Å²) in [4.78, 5) is 35.1. The van der Waals surface area contributed by atoms with Crippen LogP contribution < -0.4 is 10.6 Å². The minimum Gasteiger partial charge on any atom is -0.441 e. The molecule has 4 aromatic heterocycles. The fourth-order valence-corrected chi connectivity index (χ4v) is 3.31. The topological polar surface area (TPSA) is 137 Å². The van der Waals surface area contributed by atoms with E-state index in [1.165, 1.54) is 26.1 Å². The molecule has 11 nitrogen and oxygen atoms in total. The third-order valence-electron chi connectivity index (χ3n) is 5.28. The van der Waals surface area contributed by atoms with Crippen molar-refractivity contribution >= 4 is 23.5 Å². The highest BCUT2D eigenvalue weighted by molar-refractivity contribution is 6.04. The van der Waals surface area contributed by atoms with Crippen molar-refractivity contribution in [2.45, 2.75) is 19.2 Å². The van der Waals surface area contributed by atoms with Crippen LogP contribution in [-0.4, -0.2) is 41.9 Å². The van der Waals surface area contributed by atoms with Crippen LogP contribution in [0.25, 0.3) is 11.4 Å². The molecule has 4 heterocycles. The maximum absolute atomic E-state index is 13.9. The minimum atomic E-state index is -4.83. The van der Waals surface area contributed by atoms with Crippen molar-refractivity contribution in [3.8, 4) is 11.4 Å². The molecule has 2 N–H and O–H groups in total. The van der Waals surface area contributed by atoms with Crippen molar-refractivity contribution in [2.24, 2.45) is 7.05 Å². The van der Waals surface area contributed by atoms with E-state index in [-0.39, 0.29) is 34.7 Å². The molecule has 17 heteroatoms. The van der Waals surface area contributed by atoms with E-state index in [9.17, 15) is 35.9 Å². The lowest BCUT2D eigenvalue weighted by atomic mass is 10.2. The van der Waals surface area contributed by atoms with Crippen LogP contribution >= 0.6 is 0 Å². The van der Waals surface area contributed by atoms with Gasteiger partial charge in [0.1, 0.15) is 11.9 Å². The van der Waals surface area contributed by atoms with E-state index >= 15 is 0 Å². The molecule has 40 heavy (non-hydrogen) atoms. The second kappa shape index (κ2) is 11.0. The smallest absolute Gasteiger partial charge is 0.417 e. The highest BCUT2D eigenvalue weighted by atomic mass is 19.4. The first-order chi connectivity index (χ1) is 18.8. The number of ether oxygens (including phenoxy) is 1. The molecular formula is C23H16F6N8O3. The Kier molecular flexibility index (Phi) is 7.65. The zero-order valence-corrected chi connectivity index (χ0v) is 20.3. The third-order valence-corrected chi connectivity index (χ3v) is 5.28. The van der Waals surface area contributed by atoms with E-state index in [2.05, 4.69) is 35.9 Å². The quantitative estimate of drug-likeness (QED) is 0.254. The van der Waals surface area contributed by atoms with Crippen molar-refractivity contribution < 1.29 is 40.7 Å². The number of rotatable bonds is 6. The number of nitrogens with zero attached hydrogens (tertiary/aromatic N) is 6. The number of carbonyl (C=O) groups is 2. The minimum absolute atomic E-state index is 0.00330. The number of hydrogen-bond acceptors (Lipinski definition) is 8. The Bertz CT molecular complexity index is 1580. The number of amides is 2. The van der Waals surface area contributed by atoms with Crippen LogP contribution in [0.2, 0.25) is 0 Å². The summed E-state index contributed by atoms with van der Waals surface area (Å²) in [7, 11) is 1.43. The highest BCUT2D eigenvalue weighted by Crippen LogP contribution is 2.30. The van der Waals surface area contributed by atoms with Gasteiger partial charge >= 0.3 is 12.3 Å². The lowest BCUT2D eigenvalue weighted by Gasteiger charge is -2.15. The molecule has 0 unspecified atom stereocenters. The predicted molar refractivity (Wildman–Crippen MR) is 124 cm³/mol. The van der Waals surface area contributed by atoms with Crippen LogP contribution in [-0.2, 0) is 18.0 Å².